The number of aromatic nitrogens is 1. The smallest absolute Gasteiger partial charge is 0.319 e. The molecule has 4 rings (SSSR count). The Bertz CT molecular complexity index is 1220. The minimum atomic E-state index is -1.30. The second-order valence-electron chi connectivity index (χ2n) is 8.05. The maximum atomic E-state index is 12.6. The first-order valence-corrected chi connectivity index (χ1v) is 10.8. The number of hydrogen-bond donors (Lipinski definition) is 2. The summed E-state index contributed by atoms with van der Waals surface area (Å²) in [7, 11) is 3.14. The number of rotatable bonds is 9. The third-order valence-corrected chi connectivity index (χ3v) is 5.87. The molecule has 0 radical (unpaired) electrons. The van der Waals surface area contributed by atoms with E-state index in [9.17, 15) is 14.7 Å². The van der Waals surface area contributed by atoms with Gasteiger partial charge in [-0.3, -0.25) is 14.6 Å². The molecule has 1 aromatic heterocycles. The van der Waals surface area contributed by atoms with Gasteiger partial charge in [-0.1, -0.05) is 13.3 Å². The van der Waals surface area contributed by atoms with Crippen LogP contribution >= 0.6 is 0 Å². The lowest BCUT2D eigenvalue weighted by Gasteiger charge is -2.16. The molecule has 1 heterocycles. The highest BCUT2D eigenvalue weighted by molar-refractivity contribution is 6.11. The zero-order chi connectivity index (χ0) is 23.6. The summed E-state index contributed by atoms with van der Waals surface area (Å²) in [6.45, 7) is 2.04. The highest BCUT2D eigenvalue weighted by atomic mass is 16.5. The molecule has 172 valence electrons. The lowest BCUT2D eigenvalue weighted by Crippen LogP contribution is -2.31. The van der Waals surface area contributed by atoms with Gasteiger partial charge in [0.15, 0.2) is 11.5 Å². The van der Waals surface area contributed by atoms with Gasteiger partial charge in [-0.25, -0.2) is 0 Å². The quantitative estimate of drug-likeness (QED) is 0.451. The first-order valence-electron chi connectivity index (χ1n) is 10.8. The van der Waals surface area contributed by atoms with Gasteiger partial charge in [-0.2, -0.15) is 0 Å². The molecular formula is C25H26N2O6. The van der Waals surface area contributed by atoms with E-state index in [0.29, 0.717) is 53.5 Å². The SMILES string of the molecule is CCCc1cc(Oc2ccnc3cc(OC)c(OC)cc23)ccc1NC(=O)C1(C(=O)O)CC1. The molecule has 1 aliphatic rings. The van der Waals surface area contributed by atoms with Crippen molar-refractivity contribution in [1.82, 2.24) is 4.98 Å². The average Bonchev–Trinajstić information content (AvgIpc) is 3.62. The topological polar surface area (TPSA) is 107 Å². The van der Waals surface area contributed by atoms with E-state index in [0.717, 1.165) is 17.4 Å². The van der Waals surface area contributed by atoms with Crippen LogP contribution in [0.3, 0.4) is 0 Å². The molecule has 8 heteroatoms. The minimum Gasteiger partial charge on any atom is -0.493 e. The lowest BCUT2D eigenvalue weighted by molar-refractivity contribution is -0.147. The number of carbonyl (C=O) groups excluding carboxylic acids is 1. The number of carbonyl (C=O) groups is 2. The first kappa shape index (κ1) is 22.4. The number of ether oxygens (including phenoxy) is 3. The molecule has 0 atom stereocenters. The number of nitrogens with one attached hydrogen (secondary N) is 1. The second kappa shape index (κ2) is 8.97. The van der Waals surface area contributed by atoms with Crippen LogP contribution in [0.5, 0.6) is 23.0 Å². The van der Waals surface area contributed by atoms with Crippen molar-refractivity contribution in [1.29, 1.82) is 0 Å². The van der Waals surface area contributed by atoms with Gasteiger partial charge in [0, 0.05) is 23.3 Å². The fourth-order valence-corrected chi connectivity index (χ4v) is 3.80. The highest BCUT2D eigenvalue weighted by Gasteiger charge is 2.57. The van der Waals surface area contributed by atoms with Crippen molar-refractivity contribution in [2.75, 3.05) is 19.5 Å². The van der Waals surface area contributed by atoms with Crippen LogP contribution in [0.2, 0.25) is 0 Å². The zero-order valence-corrected chi connectivity index (χ0v) is 18.8. The Morgan fingerprint density at radius 3 is 2.42 bits per heavy atom. The number of aryl methyl sites for hydroxylation is 1. The van der Waals surface area contributed by atoms with E-state index in [1.807, 2.05) is 19.1 Å². The van der Waals surface area contributed by atoms with Crippen LogP contribution in [0.25, 0.3) is 10.9 Å². The van der Waals surface area contributed by atoms with Crippen LogP contribution in [0.1, 0.15) is 31.7 Å². The van der Waals surface area contributed by atoms with Gasteiger partial charge in [0.1, 0.15) is 16.9 Å². The van der Waals surface area contributed by atoms with Gasteiger partial charge in [0.25, 0.3) is 0 Å². The molecule has 3 aromatic rings. The molecule has 0 bridgehead atoms. The predicted molar refractivity (Wildman–Crippen MR) is 123 cm³/mol. The largest absolute Gasteiger partial charge is 0.493 e. The van der Waals surface area contributed by atoms with Gasteiger partial charge in [-0.05, 0) is 55.2 Å². The van der Waals surface area contributed by atoms with Crippen LogP contribution in [-0.4, -0.2) is 36.2 Å². The molecule has 33 heavy (non-hydrogen) atoms. The number of amides is 1. The van der Waals surface area contributed by atoms with Gasteiger partial charge >= 0.3 is 5.97 Å². The summed E-state index contributed by atoms with van der Waals surface area (Å²) in [6, 6.07) is 10.8. The lowest BCUT2D eigenvalue weighted by atomic mass is 10.0. The summed E-state index contributed by atoms with van der Waals surface area (Å²) >= 11 is 0. The normalized spacial score (nSPS) is 13.9. The Balaban J connectivity index is 1.64. The van der Waals surface area contributed by atoms with Crippen molar-refractivity contribution < 1.29 is 28.9 Å². The Morgan fingerprint density at radius 2 is 1.79 bits per heavy atom. The summed E-state index contributed by atoms with van der Waals surface area (Å²) in [6.07, 6.45) is 3.94. The molecule has 1 amide bonds. The maximum Gasteiger partial charge on any atom is 0.319 e. The Labute approximate surface area is 191 Å². The van der Waals surface area contributed by atoms with E-state index in [-0.39, 0.29) is 0 Å². The van der Waals surface area contributed by atoms with Crippen LogP contribution in [0.4, 0.5) is 5.69 Å². The number of hydrogen-bond acceptors (Lipinski definition) is 6. The highest BCUT2D eigenvalue weighted by Crippen LogP contribution is 2.47. The van der Waals surface area contributed by atoms with Crippen molar-refractivity contribution in [3.8, 4) is 23.0 Å². The summed E-state index contributed by atoms with van der Waals surface area (Å²) in [4.78, 5) is 28.4. The molecule has 1 aliphatic carbocycles. The summed E-state index contributed by atoms with van der Waals surface area (Å²) in [5.41, 5.74) is 0.885. The standard InChI is InChI=1S/C25H26N2O6/c1-4-5-15-12-16(6-7-18(15)27-23(28)25(9-10-25)24(29)30)33-20-8-11-26-19-14-22(32-3)21(31-2)13-17(19)20/h6-8,11-14H,4-5,9-10H2,1-3H3,(H,27,28)(H,29,30). The number of fused-ring (bicyclic) bond motifs is 1. The van der Waals surface area contributed by atoms with Crippen molar-refractivity contribution in [2.24, 2.45) is 5.41 Å². The Hall–Kier alpha value is -3.81. The number of carboxylic acid groups (broad SMARTS) is 1. The zero-order valence-electron chi connectivity index (χ0n) is 18.8. The predicted octanol–water partition coefficient (Wildman–Crippen LogP) is 4.80. The number of anilines is 1. The molecular weight excluding hydrogens is 424 g/mol. The number of nitrogens with zero attached hydrogens (tertiary/aromatic N) is 1. The van der Waals surface area contributed by atoms with E-state index >= 15 is 0 Å². The molecule has 0 saturated heterocycles. The Kier molecular flexibility index (Phi) is 6.09. The fourth-order valence-electron chi connectivity index (χ4n) is 3.80. The molecule has 0 aliphatic heterocycles. The molecule has 2 aromatic carbocycles. The number of pyridine rings is 1. The summed E-state index contributed by atoms with van der Waals surface area (Å²) in [5.74, 6) is 0.798. The molecule has 8 nitrogen and oxygen atoms in total. The number of aliphatic carboxylic acids is 1. The van der Waals surface area contributed by atoms with Gasteiger partial charge in [0.2, 0.25) is 5.91 Å². The molecule has 0 unspecified atom stereocenters. The minimum absolute atomic E-state index is 0.363. The monoisotopic (exact) mass is 450 g/mol. The Morgan fingerprint density at radius 1 is 1.06 bits per heavy atom. The van der Waals surface area contributed by atoms with E-state index in [1.165, 1.54) is 0 Å². The van der Waals surface area contributed by atoms with Crippen molar-refractivity contribution in [2.45, 2.75) is 32.6 Å². The van der Waals surface area contributed by atoms with Crippen LogP contribution in [0.15, 0.2) is 42.6 Å². The van der Waals surface area contributed by atoms with Crippen LogP contribution < -0.4 is 19.5 Å². The van der Waals surface area contributed by atoms with Crippen molar-refractivity contribution >= 4 is 28.5 Å². The van der Waals surface area contributed by atoms with Gasteiger partial charge in [0.05, 0.1) is 19.7 Å². The van der Waals surface area contributed by atoms with E-state index in [2.05, 4.69) is 10.3 Å². The van der Waals surface area contributed by atoms with Crippen LogP contribution in [0, 0.1) is 5.41 Å². The average molecular weight is 450 g/mol. The van der Waals surface area contributed by atoms with E-state index in [1.54, 1.807) is 44.7 Å². The molecule has 0 spiro atoms. The summed E-state index contributed by atoms with van der Waals surface area (Å²) in [5, 5.41) is 13.0. The molecule has 1 saturated carbocycles. The second-order valence-corrected chi connectivity index (χ2v) is 8.05. The third-order valence-electron chi connectivity index (χ3n) is 5.87. The van der Waals surface area contributed by atoms with E-state index in [4.69, 9.17) is 14.2 Å². The number of carboxylic acids is 1. The van der Waals surface area contributed by atoms with Crippen LogP contribution in [-0.2, 0) is 16.0 Å². The molecule has 2 N–H and O–H groups in total. The molecule has 1 fully saturated rings. The first-order chi connectivity index (χ1) is 15.9. The van der Waals surface area contributed by atoms with Crippen molar-refractivity contribution in [3.63, 3.8) is 0 Å². The van der Waals surface area contributed by atoms with Crippen molar-refractivity contribution in [3.05, 3.63) is 48.2 Å². The summed E-state index contributed by atoms with van der Waals surface area (Å²) < 4.78 is 17.0. The maximum absolute atomic E-state index is 12.6. The number of methoxy groups -OCH3 is 2. The fraction of sp³-hybridized carbons (Fsp3) is 0.320. The van der Waals surface area contributed by atoms with Gasteiger partial charge in [-0.15, -0.1) is 0 Å². The van der Waals surface area contributed by atoms with E-state index < -0.39 is 17.3 Å². The number of benzene rings is 2. The van der Waals surface area contributed by atoms with Gasteiger partial charge < -0.3 is 24.6 Å². The third kappa shape index (κ3) is 4.28.